The Morgan fingerprint density at radius 3 is 2.36 bits per heavy atom. The van der Waals surface area contributed by atoms with Crippen LogP contribution in [0.5, 0.6) is 0 Å². The maximum Gasteiger partial charge on any atom is 0.355 e. The first-order valence-corrected chi connectivity index (χ1v) is 11.9. The van der Waals surface area contributed by atoms with Crippen LogP contribution in [0.25, 0.3) is 10.9 Å². The number of nitrogens with zero attached hydrogens (tertiary/aromatic N) is 2. The largest absolute Gasteiger partial charge is 0.472 e. The van der Waals surface area contributed by atoms with E-state index < -0.39 is 6.43 Å². The Morgan fingerprint density at radius 2 is 1.78 bits per heavy atom. The predicted octanol–water partition coefficient (Wildman–Crippen LogP) is 8.01. The monoisotopic (exact) mass is 498 g/mol. The van der Waals surface area contributed by atoms with E-state index in [1.165, 1.54) is 6.08 Å². The van der Waals surface area contributed by atoms with E-state index in [0.29, 0.717) is 30.4 Å². The number of hydrogen-bond acceptors (Lipinski definition) is 4. The van der Waals surface area contributed by atoms with E-state index in [-0.39, 0.29) is 5.97 Å². The fourth-order valence-corrected chi connectivity index (χ4v) is 3.35. The lowest BCUT2D eigenvalue weighted by Crippen LogP contribution is -2.18. The van der Waals surface area contributed by atoms with Crippen LogP contribution in [0.2, 0.25) is 0 Å². The van der Waals surface area contributed by atoms with E-state index in [2.05, 4.69) is 11.6 Å². The van der Waals surface area contributed by atoms with Crippen molar-refractivity contribution in [1.29, 1.82) is 0 Å². The molecule has 0 spiro atoms. The molecule has 1 aromatic heterocycles. The molecule has 7 heteroatoms. The van der Waals surface area contributed by atoms with E-state index in [0.717, 1.165) is 28.2 Å². The molecule has 4 rings (SSSR count). The van der Waals surface area contributed by atoms with Crippen molar-refractivity contribution < 1.29 is 23.0 Å². The fourth-order valence-electron chi connectivity index (χ4n) is 3.35. The summed E-state index contributed by atoms with van der Waals surface area (Å²) in [5, 5.41) is 0.922. The van der Waals surface area contributed by atoms with E-state index in [1.54, 1.807) is 19.9 Å². The second-order valence-electron chi connectivity index (χ2n) is 7.12. The van der Waals surface area contributed by atoms with Crippen molar-refractivity contribution in [3.8, 4) is 0 Å². The van der Waals surface area contributed by atoms with Crippen LogP contribution in [0.4, 0.5) is 14.5 Å². The maximum atomic E-state index is 12.6. The Morgan fingerprint density at radius 1 is 1.17 bits per heavy atom. The Labute approximate surface area is 212 Å². The predicted molar refractivity (Wildman–Crippen MR) is 144 cm³/mol. The Hall–Kier alpha value is -3.74. The summed E-state index contributed by atoms with van der Waals surface area (Å²) in [4.78, 5) is 17.2. The van der Waals surface area contributed by atoms with Gasteiger partial charge in [0.2, 0.25) is 5.90 Å². The standard InChI is InChI=1S/C20H18N2O3.C4H6F2.C3H6.C2H6/c1-3-24-20(23)18-17(14-9-5-7-11-16(14)22(18)2)19-21-15-10-6-4-8-13(15)12-25-19;1-2-3-4(5)6;1-3-2;1-2/h4-11H,3,12H2,1-2H3;2-4H,1H3;3H,1H2,2H3;1-2H3/b;3-2+;;. The number of carbonyl (C=O) groups excluding carboxylic acids is 1. The highest BCUT2D eigenvalue weighted by atomic mass is 19.3. The number of carbonyl (C=O) groups is 1. The van der Waals surface area contributed by atoms with Gasteiger partial charge in [-0.1, -0.05) is 62.4 Å². The van der Waals surface area contributed by atoms with Crippen LogP contribution in [0.1, 0.15) is 56.2 Å². The van der Waals surface area contributed by atoms with Crippen LogP contribution in [-0.4, -0.2) is 29.5 Å². The molecule has 0 fully saturated rings. The van der Waals surface area contributed by atoms with Gasteiger partial charge in [0.15, 0.2) is 0 Å². The highest BCUT2D eigenvalue weighted by Crippen LogP contribution is 2.32. The second kappa shape index (κ2) is 16.0. The smallest absolute Gasteiger partial charge is 0.355 e. The Kier molecular flexibility index (Phi) is 13.5. The van der Waals surface area contributed by atoms with Gasteiger partial charge in [-0.15, -0.1) is 6.58 Å². The number of esters is 1. The number of aryl methyl sites for hydroxylation is 1. The lowest BCUT2D eigenvalue weighted by Gasteiger charge is -2.17. The summed E-state index contributed by atoms with van der Waals surface area (Å²) in [6, 6.07) is 15.7. The van der Waals surface area contributed by atoms with Gasteiger partial charge in [-0.3, -0.25) is 0 Å². The number of fused-ring (bicyclic) bond motifs is 2. The summed E-state index contributed by atoms with van der Waals surface area (Å²) < 4.78 is 34.9. The van der Waals surface area contributed by atoms with Crippen molar-refractivity contribution in [2.75, 3.05) is 6.61 Å². The first-order chi connectivity index (χ1) is 17.4. The zero-order chi connectivity index (χ0) is 27.1. The summed E-state index contributed by atoms with van der Waals surface area (Å²) in [5.74, 6) is 0.0833. The van der Waals surface area contributed by atoms with Crippen molar-refractivity contribution in [3.05, 3.63) is 90.2 Å². The van der Waals surface area contributed by atoms with E-state index in [1.807, 2.05) is 80.9 Å². The molecule has 0 radical (unpaired) electrons. The number of allylic oxidation sites excluding steroid dienone is 3. The molecular weight excluding hydrogens is 462 g/mol. The minimum Gasteiger partial charge on any atom is -0.472 e. The molecule has 5 nitrogen and oxygen atoms in total. The molecule has 0 bridgehead atoms. The topological polar surface area (TPSA) is 52.8 Å². The number of benzene rings is 2. The average Bonchev–Trinajstić information content (AvgIpc) is 3.18. The molecule has 0 N–H and O–H groups in total. The van der Waals surface area contributed by atoms with Crippen LogP contribution < -0.4 is 0 Å². The third kappa shape index (κ3) is 7.90. The molecule has 0 aliphatic carbocycles. The van der Waals surface area contributed by atoms with Gasteiger partial charge in [0.25, 0.3) is 6.43 Å². The molecule has 194 valence electrons. The maximum absolute atomic E-state index is 12.6. The van der Waals surface area contributed by atoms with Gasteiger partial charge in [-0.25, -0.2) is 18.6 Å². The molecule has 3 aromatic rings. The first kappa shape index (κ1) is 30.3. The number of alkyl halides is 2. The number of aromatic nitrogens is 1. The van der Waals surface area contributed by atoms with Gasteiger partial charge in [0.05, 0.1) is 17.9 Å². The highest BCUT2D eigenvalue weighted by molar-refractivity contribution is 6.15. The van der Waals surface area contributed by atoms with Crippen LogP contribution >= 0.6 is 0 Å². The van der Waals surface area contributed by atoms with Crippen molar-refractivity contribution in [1.82, 2.24) is 4.57 Å². The van der Waals surface area contributed by atoms with Gasteiger partial charge in [-0.05, 0) is 39.0 Å². The highest BCUT2D eigenvalue weighted by Gasteiger charge is 2.28. The third-order valence-electron chi connectivity index (χ3n) is 4.71. The number of halogens is 2. The molecule has 1 aliphatic rings. The molecule has 0 amide bonds. The van der Waals surface area contributed by atoms with E-state index in [4.69, 9.17) is 9.47 Å². The van der Waals surface area contributed by atoms with Gasteiger partial charge in [-0.2, -0.15) is 0 Å². The van der Waals surface area contributed by atoms with Crippen molar-refractivity contribution in [2.24, 2.45) is 12.0 Å². The van der Waals surface area contributed by atoms with Gasteiger partial charge < -0.3 is 14.0 Å². The quantitative estimate of drug-likeness (QED) is 0.270. The second-order valence-corrected chi connectivity index (χ2v) is 7.12. The van der Waals surface area contributed by atoms with Crippen LogP contribution in [0.3, 0.4) is 0 Å². The van der Waals surface area contributed by atoms with Gasteiger partial charge in [0.1, 0.15) is 12.3 Å². The average molecular weight is 499 g/mol. The molecule has 0 unspecified atom stereocenters. The van der Waals surface area contributed by atoms with Crippen LogP contribution in [-0.2, 0) is 23.1 Å². The molecule has 0 saturated heterocycles. The third-order valence-corrected chi connectivity index (χ3v) is 4.71. The van der Waals surface area contributed by atoms with Crippen molar-refractivity contribution in [2.45, 2.75) is 47.7 Å². The summed E-state index contributed by atoms with van der Waals surface area (Å²) in [6.45, 7) is 13.4. The number of hydrogen-bond donors (Lipinski definition) is 0. The molecular formula is C29H36F2N2O3. The van der Waals surface area contributed by atoms with Crippen molar-refractivity contribution >= 4 is 28.5 Å². The van der Waals surface area contributed by atoms with Crippen LogP contribution in [0.15, 0.2) is 78.3 Å². The van der Waals surface area contributed by atoms with E-state index in [9.17, 15) is 13.6 Å². The summed E-state index contributed by atoms with van der Waals surface area (Å²) >= 11 is 0. The zero-order valence-corrected chi connectivity index (χ0v) is 21.9. The number of para-hydroxylation sites is 2. The number of rotatable bonds is 4. The van der Waals surface area contributed by atoms with Crippen molar-refractivity contribution in [3.63, 3.8) is 0 Å². The molecule has 2 aromatic carbocycles. The molecule has 36 heavy (non-hydrogen) atoms. The van der Waals surface area contributed by atoms with Gasteiger partial charge >= 0.3 is 5.97 Å². The normalized spacial score (nSPS) is 11.5. The summed E-state index contributed by atoms with van der Waals surface area (Å²) in [5.41, 5.74) is 3.98. The molecule has 2 heterocycles. The number of ether oxygens (including phenoxy) is 2. The SMILES string of the molecule is C/C=C/C(F)F.C=CC.CC.CCOC(=O)c1c(C2=Nc3ccccc3CO2)c2ccccc2n1C. The molecule has 0 saturated carbocycles. The minimum absolute atomic E-state index is 0.315. The Bertz CT molecular complexity index is 1180. The summed E-state index contributed by atoms with van der Waals surface area (Å²) in [7, 11) is 1.86. The molecule has 1 aliphatic heterocycles. The zero-order valence-electron chi connectivity index (χ0n) is 21.9. The lowest BCUT2D eigenvalue weighted by molar-refractivity contribution is 0.0515. The first-order valence-electron chi connectivity index (χ1n) is 11.9. The fraction of sp³-hybridized carbons (Fsp3) is 0.310. The van der Waals surface area contributed by atoms with E-state index >= 15 is 0 Å². The van der Waals surface area contributed by atoms with Gasteiger partial charge in [0, 0.05) is 23.5 Å². The Balaban J connectivity index is 0.000000504. The summed E-state index contributed by atoms with van der Waals surface area (Å²) in [6.07, 6.45) is 1.62. The number of aliphatic imine (C=N–C) groups is 1. The minimum atomic E-state index is -2.28. The molecule has 0 atom stereocenters. The van der Waals surface area contributed by atoms with Crippen LogP contribution in [0, 0.1) is 0 Å². The lowest BCUT2D eigenvalue weighted by atomic mass is 10.1.